The van der Waals surface area contributed by atoms with Gasteiger partial charge in [-0.25, -0.2) is 4.98 Å². The van der Waals surface area contributed by atoms with Gasteiger partial charge >= 0.3 is 0 Å². The molecule has 6 heterocycles. The van der Waals surface area contributed by atoms with Crippen molar-refractivity contribution in [2.45, 2.75) is 12.8 Å². The molecule has 6 aromatic heterocycles. The number of allylic oxidation sites excluding steroid dienone is 1. The van der Waals surface area contributed by atoms with Crippen LogP contribution in [-0.2, 0) is 6.42 Å². The summed E-state index contributed by atoms with van der Waals surface area (Å²) in [6.45, 7) is 0. The molecule has 236 valence electrons. The van der Waals surface area contributed by atoms with Crippen LogP contribution in [0.25, 0.3) is 84.2 Å². The Bertz CT molecular complexity index is 2700. The lowest BCUT2D eigenvalue weighted by atomic mass is 10.0. The number of hydrogen-bond acceptors (Lipinski definition) is 4. The van der Waals surface area contributed by atoms with Crippen molar-refractivity contribution in [3.05, 3.63) is 163 Å². The molecular formula is C44H30N6. The monoisotopic (exact) mass is 642 g/mol. The van der Waals surface area contributed by atoms with Gasteiger partial charge in [-0.3, -0.25) is 15.0 Å². The Kier molecular flexibility index (Phi) is 6.52. The molecule has 0 atom stereocenters. The topological polar surface area (TPSA) is 61.4 Å². The highest BCUT2D eigenvalue weighted by atomic mass is 15.0. The van der Waals surface area contributed by atoms with Crippen LogP contribution in [0.15, 0.2) is 152 Å². The van der Waals surface area contributed by atoms with Crippen molar-refractivity contribution < 1.29 is 0 Å². The van der Waals surface area contributed by atoms with E-state index in [4.69, 9.17) is 15.0 Å². The maximum Gasteiger partial charge on any atom is 0.0963 e. The Balaban J connectivity index is 1.10. The van der Waals surface area contributed by atoms with Crippen LogP contribution in [0.2, 0.25) is 0 Å². The first-order chi connectivity index (χ1) is 24.8. The van der Waals surface area contributed by atoms with E-state index in [1.54, 1.807) is 0 Å². The van der Waals surface area contributed by atoms with Gasteiger partial charge in [-0.1, -0.05) is 60.7 Å². The zero-order chi connectivity index (χ0) is 33.0. The average molecular weight is 643 g/mol. The smallest absolute Gasteiger partial charge is 0.0963 e. The highest BCUT2D eigenvalue weighted by Crippen LogP contribution is 2.36. The van der Waals surface area contributed by atoms with Crippen LogP contribution < -0.4 is 0 Å². The van der Waals surface area contributed by atoms with Gasteiger partial charge in [0.2, 0.25) is 0 Å². The van der Waals surface area contributed by atoms with Crippen molar-refractivity contribution in [1.82, 2.24) is 29.1 Å². The molecule has 0 saturated carbocycles. The molecule has 0 fully saturated rings. The molecule has 1 aliphatic carbocycles. The van der Waals surface area contributed by atoms with E-state index in [0.29, 0.717) is 0 Å². The Hall–Kier alpha value is -6.66. The third-order valence-corrected chi connectivity index (χ3v) is 9.73. The molecule has 0 saturated heterocycles. The Morgan fingerprint density at radius 2 is 1.24 bits per heavy atom. The molecule has 9 aromatic rings. The van der Waals surface area contributed by atoms with Crippen molar-refractivity contribution in [2.24, 2.45) is 0 Å². The first-order valence-corrected chi connectivity index (χ1v) is 16.9. The van der Waals surface area contributed by atoms with Crippen LogP contribution in [0.4, 0.5) is 0 Å². The van der Waals surface area contributed by atoms with E-state index in [1.165, 1.54) is 11.3 Å². The van der Waals surface area contributed by atoms with Gasteiger partial charge in [0.15, 0.2) is 0 Å². The van der Waals surface area contributed by atoms with Crippen LogP contribution in [0.3, 0.4) is 0 Å². The molecule has 0 spiro atoms. The van der Waals surface area contributed by atoms with Crippen molar-refractivity contribution in [1.29, 1.82) is 0 Å². The molecule has 6 nitrogen and oxygen atoms in total. The quantitative estimate of drug-likeness (QED) is 0.187. The van der Waals surface area contributed by atoms with Crippen molar-refractivity contribution in [3.8, 4) is 45.1 Å². The maximum atomic E-state index is 5.19. The fourth-order valence-electron chi connectivity index (χ4n) is 7.48. The molecule has 0 bridgehead atoms. The lowest BCUT2D eigenvalue weighted by Crippen LogP contribution is -2.03. The van der Waals surface area contributed by atoms with Crippen molar-refractivity contribution in [3.63, 3.8) is 0 Å². The SMILES string of the molecule is C1=Cc2c(n(-c3cccc(-c4cc(-c5ccc(-n6c7ccccc7c7ncccc76)cc5)cc(-c5ccccn5)n4)c3)c3cccnc23)CC1. The lowest BCUT2D eigenvalue weighted by molar-refractivity contribution is 0.888. The van der Waals surface area contributed by atoms with Gasteiger partial charge in [0, 0.05) is 52.2 Å². The Morgan fingerprint density at radius 3 is 2.10 bits per heavy atom. The van der Waals surface area contributed by atoms with Gasteiger partial charge in [-0.05, 0) is 103 Å². The van der Waals surface area contributed by atoms with Crippen LogP contribution in [0.1, 0.15) is 17.7 Å². The van der Waals surface area contributed by atoms with Crippen LogP contribution >= 0.6 is 0 Å². The van der Waals surface area contributed by atoms with Crippen LogP contribution in [0, 0.1) is 0 Å². The molecule has 0 aliphatic heterocycles. The number of nitrogens with zero attached hydrogens (tertiary/aromatic N) is 6. The predicted octanol–water partition coefficient (Wildman–Crippen LogP) is 10.3. The van der Waals surface area contributed by atoms with Gasteiger partial charge in [0.25, 0.3) is 0 Å². The molecule has 0 amide bonds. The summed E-state index contributed by atoms with van der Waals surface area (Å²) in [5.41, 5.74) is 15.9. The van der Waals surface area contributed by atoms with Crippen molar-refractivity contribution in [2.75, 3.05) is 0 Å². The summed E-state index contributed by atoms with van der Waals surface area (Å²) >= 11 is 0. The summed E-state index contributed by atoms with van der Waals surface area (Å²) in [6.07, 6.45) is 12.0. The number of para-hydroxylation sites is 1. The van der Waals surface area contributed by atoms with E-state index >= 15 is 0 Å². The molecule has 6 heteroatoms. The summed E-state index contributed by atoms with van der Waals surface area (Å²) < 4.78 is 4.66. The summed E-state index contributed by atoms with van der Waals surface area (Å²) in [7, 11) is 0. The second kappa shape index (κ2) is 11.5. The van der Waals surface area contributed by atoms with E-state index < -0.39 is 0 Å². The molecule has 50 heavy (non-hydrogen) atoms. The van der Waals surface area contributed by atoms with Crippen LogP contribution in [-0.4, -0.2) is 29.1 Å². The third-order valence-electron chi connectivity index (χ3n) is 9.73. The molecular weight excluding hydrogens is 613 g/mol. The maximum absolute atomic E-state index is 5.19. The van der Waals surface area contributed by atoms with Gasteiger partial charge in [0.1, 0.15) is 0 Å². The van der Waals surface area contributed by atoms with Crippen LogP contribution in [0.5, 0.6) is 0 Å². The molecule has 1 aliphatic rings. The Labute approximate surface area is 288 Å². The zero-order valence-electron chi connectivity index (χ0n) is 27.1. The first kappa shape index (κ1) is 28.4. The number of fused-ring (bicyclic) bond motifs is 6. The van der Waals surface area contributed by atoms with Gasteiger partial charge in [-0.15, -0.1) is 0 Å². The largest absolute Gasteiger partial charge is 0.311 e. The molecule has 10 rings (SSSR count). The summed E-state index contributed by atoms with van der Waals surface area (Å²) in [5.74, 6) is 0. The molecule has 0 N–H and O–H groups in total. The number of hydrogen-bond donors (Lipinski definition) is 0. The van der Waals surface area contributed by atoms with E-state index in [1.807, 2.05) is 48.9 Å². The molecule has 0 unspecified atom stereocenters. The second-order valence-corrected chi connectivity index (χ2v) is 12.7. The highest BCUT2D eigenvalue weighted by Gasteiger charge is 2.20. The summed E-state index contributed by atoms with van der Waals surface area (Å²) in [5, 5.41) is 1.15. The number of aromatic nitrogens is 6. The minimum absolute atomic E-state index is 0.833. The fraction of sp³-hybridized carbons (Fsp3) is 0.0455. The number of benzene rings is 3. The first-order valence-electron chi connectivity index (χ1n) is 16.9. The normalized spacial score (nSPS) is 12.6. The van der Waals surface area contributed by atoms with Crippen molar-refractivity contribution >= 4 is 39.0 Å². The minimum Gasteiger partial charge on any atom is -0.311 e. The van der Waals surface area contributed by atoms with Gasteiger partial charge in [-0.2, -0.15) is 0 Å². The minimum atomic E-state index is 0.833. The zero-order valence-corrected chi connectivity index (χ0v) is 27.1. The van der Waals surface area contributed by atoms with E-state index in [2.05, 4.69) is 123 Å². The lowest BCUT2D eigenvalue weighted by Gasteiger charge is -2.15. The summed E-state index contributed by atoms with van der Waals surface area (Å²) in [6, 6.07) is 44.6. The van der Waals surface area contributed by atoms with Gasteiger partial charge < -0.3 is 9.13 Å². The van der Waals surface area contributed by atoms with Gasteiger partial charge in [0.05, 0.1) is 44.7 Å². The molecule has 0 radical (unpaired) electrons. The number of pyridine rings is 4. The second-order valence-electron chi connectivity index (χ2n) is 12.7. The summed E-state index contributed by atoms with van der Waals surface area (Å²) in [4.78, 5) is 19.3. The van der Waals surface area contributed by atoms with E-state index in [-0.39, 0.29) is 0 Å². The third kappa shape index (κ3) is 4.57. The fourth-order valence-corrected chi connectivity index (χ4v) is 7.48. The highest BCUT2D eigenvalue weighted by molar-refractivity contribution is 6.07. The number of rotatable bonds is 5. The standard InChI is InChI=1S/C44H30N6/c1-3-15-39-34(12-1)43-41(17-8-24-46-43)49(39)32-21-19-29(20-22-32)31-27-37(48-38(28-31)36-14-5-6-23-45-36)30-10-7-11-33(26-30)50-40-16-4-2-13-35(40)44-42(50)18-9-25-47-44/h1-3,5-15,17-28H,4,16H2. The van der Waals surface area contributed by atoms with E-state index in [9.17, 15) is 0 Å². The van der Waals surface area contributed by atoms with E-state index in [0.717, 1.165) is 91.0 Å². The average Bonchev–Trinajstić information content (AvgIpc) is 3.71. The predicted molar refractivity (Wildman–Crippen MR) is 202 cm³/mol. The molecule has 3 aromatic carbocycles. The Morgan fingerprint density at radius 1 is 0.480 bits per heavy atom.